The standard InChI is InChI=1S/C12H17N3O/c13-12(14)5-6-15-7-8-16-11-4-2-1-3-10(11)9-15/h1-4H,5-9H2,(H3,13,14). The summed E-state index contributed by atoms with van der Waals surface area (Å²) >= 11 is 0. The summed E-state index contributed by atoms with van der Waals surface area (Å²) in [7, 11) is 0. The van der Waals surface area contributed by atoms with E-state index in [9.17, 15) is 0 Å². The second-order valence-corrected chi connectivity index (χ2v) is 4.01. The van der Waals surface area contributed by atoms with Crippen molar-refractivity contribution < 1.29 is 4.74 Å². The van der Waals surface area contributed by atoms with Crippen molar-refractivity contribution in [2.75, 3.05) is 19.7 Å². The molecule has 0 unspecified atom stereocenters. The first-order chi connectivity index (χ1) is 7.75. The number of hydrogen-bond acceptors (Lipinski definition) is 3. The van der Waals surface area contributed by atoms with Crippen LogP contribution in [0.2, 0.25) is 0 Å². The molecule has 0 aliphatic carbocycles. The molecule has 2 rings (SSSR count). The highest BCUT2D eigenvalue weighted by atomic mass is 16.5. The Kier molecular flexibility index (Phi) is 3.41. The molecule has 86 valence electrons. The molecule has 0 bridgehead atoms. The summed E-state index contributed by atoms with van der Waals surface area (Å²) in [5, 5.41) is 7.23. The van der Waals surface area contributed by atoms with Crippen molar-refractivity contribution in [2.24, 2.45) is 5.73 Å². The second-order valence-electron chi connectivity index (χ2n) is 4.01. The first-order valence-corrected chi connectivity index (χ1v) is 5.51. The van der Waals surface area contributed by atoms with Gasteiger partial charge in [-0.1, -0.05) is 18.2 Å². The van der Waals surface area contributed by atoms with Crippen LogP contribution in [0.15, 0.2) is 24.3 Å². The first-order valence-electron chi connectivity index (χ1n) is 5.51. The van der Waals surface area contributed by atoms with E-state index in [0.29, 0.717) is 13.0 Å². The minimum atomic E-state index is 0.249. The molecule has 1 heterocycles. The summed E-state index contributed by atoms with van der Waals surface area (Å²) in [5.74, 6) is 1.23. The zero-order valence-corrected chi connectivity index (χ0v) is 9.28. The molecule has 0 atom stereocenters. The number of rotatable bonds is 3. The Balaban J connectivity index is 2.02. The predicted octanol–water partition coefficient (Wildman–Crippen LogP) is 1.21. The Morgan fingerprint density at radius 2 is 2.25 bits per heavy atom. The van der Waals surface area contributed by atoms with E-state index in [-0.39, 0.29) is 5.84 Å². The van der Waals surface area contributed by atoms with E-state index in [4.69, 9.17) is 15.9 Å². The SMILES string of the molecule is N=C(N)CCN1CCOc2ccccc2C1. The lowest BCUT2D eigenvalue weighted by Crippen LogP contribution is -2.29. The highest BCUT2D eigenvalue weighted by Crippen LogP contribution is 2.22. The number of fused-ring (bicyclic) bond motifs is 1. The monoisotopic (exact) mass is 219 g/mol. The summed E-state index contributed by atoms with van der Waals surface area (Å²) in [6.07, 6.45) is 0.627. The van der Waals surface area contributed by atoms with E-state index < -0.39 is 0 Å². The zero-order chi connectivity index (χ0) is 11.4. The number of benzene rings is 1. The van der Waals surface area contributed by atoms with E-state index >= 15 is 0 Å². The van der Waals surface area contributed by atoms with Gasteiger partial charge in [-0.2, -0.15) is 0 Å². The fraction of sp³-hybridized carbons (Fsp3) is 0.417. The van der Waals surface area contributed by atoms with Gasteiger partial charge in [0.25, 0.3) is 0 Å². The number of nitrogens with two attached hydrogens (primary N) is 1. The van der Waals surface area contributed by atoms with Gasteiger partial charge in [-0.25, -0.2) is 0 Å². The number of nitrogens with zero attached hydrogens (tertiary/aromatic N) is 1. The van der Waals surface area contributed by atoms with Gasteiger partial charge in [-0.05, 0) is 6.07 Å². The highest BCUT2D eigenvalue weighted by Gasteiger charge is 2.14. The van der Waals surface area contributed by atoms with Crippen LogP contribution < -0.4 is 10.5 Å². The predicted molar refractivity (Wildman–Crippen MR) is 63.7 cm³/mol. The Morgan fingerprint density at radius 1 is 1.44 bits per heavy atom. The smallest absolute Gasteiger partial charge is 0.123 e. The van der Waals surface area contributed by atoms with E-state index in [1.807, 2.05) is 18.2 Å². The third-order valence-electron chi connectivity index (χ3n) is 2.73. The van der Waals surface area contributed by atoms with Gasteiger partial charge < -0.3 is 10.5 Å². The van der Waals surface area contributed by atoms with Crippen molar-refractivity contribution >= 4 is 5.84 Å². The van der Waals surface area contributed by atoms with Crippen LogP contribution in [0, 0.1) is 5.41 Å². The van der Waals surface area contributed by atoms with E-state index in [2.05, 4.69) is 11.0 Å². The van der Waals surface area contributed by atoms with Crippen molar-refractivity contribution in [2.45, 2.75) is 13.0 Å². The van der Waals surface area contributed by atoms with Gasteiger partial charge in [-0.3, -0.25) is 10.3 Å². The van der Waals surface area contributed by atoms with E-state index in [1.165, 1.54) is 5.56 Å². The molecule has 16 heavy (non-hydrogen) atoms. The molecule has 1 aromatic rings. The van der Waals surface area contributed by atoms with E-state index in [1.54, 1.807) is 0 Å². The summed E-state index contributed by atoms with van der Waals surface area (Å²) in [6.45, 7) is 3.30. The topological polar surface area (TPSA) is 62.3 Å². The lowest BCUT2D eigenvalue weighted by molar-refractivity contribution is 0.230. The summed E-state index contributed by atoms with van der Waals surface area (Å²) in [5.41, 5.74) is 6.58. The fourth-order valence-corrected chi connectivity index (χ4v) is 1.85. The average molecular weight is 219 g/mol. The second kappa shape index (κ2) is 4.99. The molecule has 4 heteroatoms. The zero-order valence-electron chi connectivity index (χ0n) is 9.28. The minimum absolute atomic E-state index is 0.249. The average Bonchev–Trinajstić information content (AvgIpc) is 2.47. The van der Waals surface area contributed by atoms with Crippen molar-refractivity contribution in [3.63, 3.8) is 0 Å². The lowest BCUT2D eigenvalue weighted by Gasteiger charge is -2.18. The normalized spacial score (nSPS) is 16.0. The third kappa shape index (κ3) is 2.73. The Morgan fingerprint density at radius 3 is 3.06 bits per heavy atom. The van der Waals surface area contributed by atoms with Crippen LogP contribution in [0.5, 0.6) is 5.75 Å². The largest absolute Gasteiger partial charge is 0.492 e. The molecule has 0 saturated heterocycles. The van der Waals surface area contributed by atoms with Crippen LogP contribution in [0.4, 0.5) is 0 Å². The molecule has 3 N–H and O–H groups in total. The van der Waals surface area contributed by atoms with Crippen molar-refractivity contribution in [1.29, 1.82) is 5.41 Å². The first kappa shape index (κ1) is 11.0. The molecule has 0 fully saturated rings. The Bertz CT molecular complexity index is 378. The van der Waals surface area contributed by atoms with Crippen LogP contribution >= 0.6 is 0 Å². The molecule has 0 amide bonds. The highest BCUT2D eigenvalue weighted by molar-refractivity contribution is 5.76. The summed E-state index contributed by atoms with van der Waals surface area (Å²) < 4.78 is 5.66. The fourth-order valence-electron chi connectivity index (χ4n) is 1.85. The molecule has 1 aliphatic rings. The van der Waals surface area contributed by atoms with Gasteiger partial charge in [0.1, 0.15) is 12.4 Å². The van der Waals surface area contributed by atoms with Crippen molar-refractivity contribution in [1.82, 2.24) is 4.90 Å². The quantitative estimate of drug-likeness (QED) is 0.593. The molecule has 0 aromatic heterocycles. The van der Waals surface area contributed by atoms with Crippen molar-refractivity contribution in [3.8, 4) is 5.75 Å². The number of ether oxygens (including phenoxy) is 1. The Labute approximate surface area is 95.5 Å². The molecular weight excluding hydrogens is 202 g/mol. The molecule has 0 saturated carbocycles. The van der Waals surface area contributed by atoms with Gasteiger partial charge in [0, 0.05) is 31.6 Å². The van der Waals surface area contributed by atoms with Crippen molar-refractivity contribution in [3.05, 3.63) is 29.8 Å². The lowest BCUT2D eigenvalue weighted by atomic mass is 10.2. The third-order valence-corrected chi connectivity index (χ3v) is 2.73. The van der Waals surface area contributed by atoms with Gasteiger partial charge in [0.2, 0.25) is 0 Å². The molecule has 4 nitrogen and oxygen atoms in total. The van der Waals surface area contributed by atoms with Crippen LogP contribution in [0.3, 0.4) is 0 Å². The van der Waals surface area contributed by atoms with Crippen LogP contribution in [0.25, 0.3) is 0 Å². The number of amidine groups is 1. The van der Waals surface area contributed by atoms with Gasteiger partial charge in [-0.15, -0.1) is 0 Å². The van der Waals surface area contributed by atoms with Crippen LogP contribution in [-0.4, -0.2) is 30.4 Å². The van der Waals surface area contributed by atoms with E-state index in [0.717, 1.165) is 25.4 Å². The number of para-hydroxylation sites is 1. The van der Waals surface area contributed by atoms with Crippen LogP contribution in [-0.2, 0) is 6.54 Å². The molecular formula is C12H17N3O. The number of nitrogens with one attached hydrogen (secondary N) is 1. The summed E-state index contributed by atoms with van der Waals surface area (Å²) in [6, 6.07) is 8.10. The maximum Gasteiger partial charge on any atom is 0.123 e. The van der Waals surface area contributed by atoms with Crippen LogP contribution in [0.1, 0.15) is 12.0 Å². The molecule has 1 aliphatic heterocycles. The molecule has 0 radical (unpaired) electrons. The van der Waals surface area contributed by atoms with Gasteiger partial charge in [0.15, 0.2) is 0 Å². The molecule has 1 aromatic carbocycles. The maximum atomic E-state index is 7.23. The minimum Gasteiger partial charge on any atom is -0.492 e. The van der Waals surface area contributed by atoms with Gasteiger partial charge in [0.05, 0.1) is 5.84 Å². The Hall–Kier alpha value is -1.55. The number of hydrogen-bond donors (Lipinski definition) is 2. The molecule has 0 spiro atoms. The van der Waals surface area contributed by atoms with Gasteiger partial charge >= 0.3 is 0 Å². The summed E-state index contributed by atoms with van der Waals surface area (Å²) in [4.78, 5) is 2.27. The maximum absolute atomic E-state index is 7.23.